The van der Waals surface area contributed by atoms with Gasteiger partial charge in [0.25, 0.3) is 0 Å². The fourth-order valence-corrected chi connectivity index (χ4v) is 2.32. The van der Waals surface area contributed by atoms with E-state index in [-0.39, 0.29) is 17.6 Å². The van der Waals surface area contributed by atoms with Gasteiger partial charge in [0.2, 0.25) is 5.91 Å². The lowest BCUT2D eigenvalue weighted by Crippen LogP contribution is -2.26. The van der Waals surface area contributed by atoms with E-state index in [2.05, 4.69) is 6.58 Å². The number of nitrogens with zero attached hydrogens (tertiary/aromatic N) is 1. The molecule has 0 N–H and O–H groups in total. The Labute approximate surface area is 111 Å². The molecule has 94 valence electrons. The molecule has 1 amide bonds. The molecule has 0 saturated carbocycles. The Balaban J connectivity index is 2.42. The Morgan fingerprint density at radius 1 is 1.56 bits per heavy atom. The van der Waals surface area contributed by atoms with Crippen LogP contribution in [0.2, 0.25) is 5.02 Å². The van der Waals surface area contributed by atoms with Crippen LogP contribution in [-0.2, 0) is 4.79 Å². The summed E-state index contributed by atoms with van der Waals surface area (Å²) in [4.78, 5) is 25.2. The highest BCUT2D eigenvalue weighted by atomic mass is 35.5. The van der Waals surface area contributed by atoms with Crippen LogP contribution in [0.15, 0.2) is 30.9 Å². The monoisotopic (exact) mass is 263 g/mol. The second-order valence-corrected chi connectivity index (χ2v) is 4.86. The zero-order chi connectivity index (χ0) is 13.3. The molecular weight excluding hydrogens is 250 g/mol. The zero-order valence-electron chi connectivity index (χ0n) is 10.1. The van der Waals surface area contributed by atoms with Gasteiger partial charge in [-0.05, 0) is 25.1 Å². The van der Waals surface area contributed by atoms with Gasteiger partial charge in [-0.3, -0.25) is 9.59 Å². The van der Waals surface area contributed by atoms with E-state index >= 15 is 0 Å². The third-order valence-corrected chi connectivity index (χ3v) is 3.35. The average Bonchev–Trinajstić information content (AvgIpc) is 2.70. The number of carbonyl (C=O) groups is 2. The van der Waals surface area contributed by atoms with Crippen molar-refractivity contribution in [3.8, 4) is 0 Å². The number of halogens is 1. The number of amides is 1. The summed E-state index contributed by atoms with van der Waals surface area (Å²) in [6.07, 6.45) is 2.23. The molecule has 1 atom stereocenters. The van der Waals surface area contributed by atoms with Crippen molar-refractivity contribution in [2.24, 2.45) is 5.92 Å². The highest BCUT2D eigenvalue weighted by molar-refractivity contribution is 6.31. The van der Waals surface area contributed by atoms with Gasteiger partial charge in [0.1, 0.15) is 0 Å². The predicted octanol–water partition coefficient (Wildman–Crippen LogP) is 3.08. The van der Waals surface area contributed by atoms with Crippen LogP contribution in [0, 0.1) is 5.92 Å². The van der Waals surface area contributed by atoms with E-state index in [0.717, 1.165) is 0 Å². The van der Waals surface area contributed by atoms with Gasteiger partial charge in [0, 0.05) is 29.5 Å². The summed E-state index contributed by atoms with van der Waals surface area (Å²) in [7, 11) is 0. The van der Waals surface area contributed by atoms with Crippen LogP contribution in [0.25, 0.3) is 0 Å². The van der Waals surface area contributed by atoms with E-state index in [9.17, 15) is 9.59 Å². The highest BCUT2D eigenvalue weighted by Gasteiger charge is 2.30. The Morgan fingerprint density at radius 3 is 2.83 bits per heavy atom. The molecule has 4 heteroatoms. The van der Waals surface area contributed by atoms with Crippen LogP contribution in [0.3, 0.4) is 0 Å². The van der Waals surface area contributed by atoms with Crippen LogP contribution in [0.4, 0.5) is 5.69 Å². The molecule has 0 spiro atoms. The van der Waals surface area contributed by atoms with E-state index in [0.29, 0.717) is 29.2 Å². The van der Waals surface area contributed by atoms with Gasteiger partial charge in [0.05, 0.1) is 5.69 Å². The van der Waals surface area contributed by atoms with Gasteiger partial charge >= 0.3 is 0 Å². The molecule has 3 nitrogen and oxygen atoms in total. The first-order valence-electron chi connectivity index (χ1n) is 5.76. The minimum atomic E-state index is -0.0950. The fraction of sp³-hybridized carbons (Fsp3) is 0.286. The van der Waals surface area contributed by atoms with Crippen LogP contribution >= 0.6 is 11.6 Å². The SMILES string of the molecule is C=CC1CC(=O)N(c2ccc(Cl)cc2C(C)=O)C1. The molecule has 1 aliphatic heterocycles. The standard InChI is InChI=1S/C14H14ClNO2/c1-3-10-6-14(18)16(8-10)13-5-4-11(15)7-12(13)9(2)17/h3-5,7,10H,1,6,8H2,2H3. The number of rotatable bonds is 3. The number of benzene rings is 1. The average molecular weight is 264 g/mol. The molecule has 1 aromatic rings. The van der Waals surface area contributed by atoms with Crippen molar-refractivity contribution in [2.45, 2.75) is 13.3 Å². The van der Waals surface area contributed by atoms with E-state index in [1.807, 2.05) is 0 Å². The molecule has 1 unspecified atom stereocenters. The fourth-order valence-electron chi connectivity index (χ4n) is 2.15. The first-order valence-corrected chi connectivity index (χ1v) is 6.14. The van der Waals surface area contributed by atoms with Crippen molar-refractivity contribution in [1.82, 2.24) is 0 Å². The molecule has 0 aliphatic carbocycles. The summed E-state index contributed by atoms with van der Waals surface area (Å²) in [5.41, 5.74) is 1.13. The van der Waals surface area contributed by atoms with E-state index < -0.39 is 0 Å². The third kappa shape index (κ3) is 2.31. The van der Waals surface area contributed by atoms with Gasteiger partial charge in [-0.15, -0.1) is 6.58 Å². The van der Waals surface area contributed by atoms with Gasteiger partial charge in [-0.2, -0.15) is 0 Å². The van der Waals surface area contributed by atoms with Gasteiger partial charge in [0.15, 0.2) is 5.78 Å². The number of hydrogen-bond donors (Lipinski definition) is 0. The molecule has 1 fully saturated rings. The summed E-state index contributed by atoms with van der Waals surface area (Å²) < 4.78 is 0. The Hall–Kier alpha value is -1.61. The Morgan fingerprint density at radius 2 is 2.28 bits per heavy atom. The number of hydrogen-bond acceptors (Lipinski definition) is 2. The topological polar surface area (TPSA) is 37.4 Å². The summed E-state index contributed by atoms with van der Waals surface area (Å²) in [5, 5.41) is 0.496. The van der Waals surface area contributed by atoms with Crippen molar-refractivity contribution in [3.05, 3.63) is 41.4 Å². The Kier molecular flexibility index (Phi) is 3.53. The number of carbonyl (C=O) groups excluding carboxylic acids is 2. The second kappa shape index (κ2) is 4.94. The minimum Gasteiger partial charge on any atom is -0.311 e. The molecule has 18 heavy (non-hydrogen) atoms. The lowest BCUT2D eigenvalue weighted by Gasteiger charge is -2.19. The maximum atomic E-state index is 11.9. The van der Waals surface area contributed by atoms with E-state index in [1.54, 1.807) is 29.2 Å². The normalized spacial score (nSPS) is 19.1. The molecule has 1 saturated heterocycles. The van der Waals surface area contributed by atoms with Gasteiger partial charge in [-0.25, -0.2) is 0 Å². The number of Topliss-reactive ketones (excluding diaryl/α,β-unsaturated/α-hetero) is 1. The van der Waals surface area contributed by atoms with Gasteiger partial charge in [-0.1, -0.05) is 17.7 Å². The van der Waals surface area contributed by atoms with Crippen molar-refractivity contribution in [2.75, 3.05) is 11.4 Å². The second-order valence-electron chi connectivity index (χ2n) is 4.42. The smallest absolute Gasteiger partial charge is 0.227 e. The quantitative estimate of drug-likeness (QED) is 0.621. The summed E-state index contributed by atoms with van der Waals surface area (Å²) in [6.45, 7) is 5.76. The molecule has 0 bridgehead atoms. The van der Waals surface area contributed by atoms with Crippen LogP contribution in [0.1, 0.15) is 23.7 Å². The molecule has 1 heterocycles. The summed E-state index contributed by atoms with van der Waals surface area (Å²) in [6, 6.07) is 5.02. The minimum absolute atomic E-state index is 0.0183. The van der Waals surface area contributed by atoms with Crippen molar-refractivity contribution < 1.29 is 9.59 Å². The first-order chi connectivity index (χ1) is 8.52. The molecular formula is C14H14ClNO2. The zero-order valence-corrected chi connectivity index (χ0v) is 10.9. The van der Waals surface area contributed by atoms with Gasteiger partial charge < -0.3 is 4.90 Å². The van der Waals surface area contributed by atoms with E-state index in [1.165, 1.54) is 6.92 Å². The molecule has 0 aromatic heterocycles. The lowest BCUT2D eigenvalue weighted by atomic mass is 10.1. The van der Waals surface area contributed by atoms with Crippen LogP contribution in [-0.4, -0.2) is 18.2 Å². The Bertz CT molecular complexity index is 525. The molecule has 1 aromatic carbocycles. The van der Waals surface area contributed by atoms with E-state index in [4.69, 9.17) is 11.6 Å². The first kappa shape index (κ1) is 12.8. The molecule has 2 rings (SSSR count). The van der Waals surface area contributed by atoms with Crippen molar-refractivity contribution in [3.63, 3.8) is 0 Å². The van der Waals surface area contributed by atoms with Crippen LogP contribution in [0.5, 0.6) is 0 Å². The maximum Gasteiger partial charge on any atom is 0.227 e. The van der Waals surface area contributed by atoms with Crippen molar-refractivity contribution in [1.29, 1.82) is 0 Å². The molecule has 1 aliphatic rings. The summed E-state index contributed by atoms with van der Waals surface area (Å²) >= 11 is 5.89. The number of anilines is 1. The van der Waals surface area contributed by atoms with Crippen molar-refractivity contribution >= 4 is 29.0 Å². The largest absolute Gasteiger partial charge is 0.311 e. The lowest BCUT2D eigenvalue weighted by molar-refractivity contribution is -0.117. The predicted molar refractivity (Wildman–Crippen MR) is 72.1 cm³/mol. The maximum absolute atomic E-state index is 11.9. The third-order valence-electron chi connectivity index (χ3n) is 3.12. The summed E-state index contributed by atoms with van der Waals surface area (Å²) in [5.74, 6) is 0.0695. The number of ketones is 1. The van der Waals surface area contributed by atoms with Crippen LogP contribution < -0.4 is 4.90 Å². The highest BCUT2D eigenvalue weighted by Crippen LogP contribution is 2.30. The molecule has 0 radical (unpaired) electrons.